The number of para-hydroxylation sites is 1. The Labute approximate surface area is 161 Å². The van der Waals surface area contributed by atoms with Crippen molar-refractivity contribution in [3.63, 3.8) is 0 Å². The van der Waals surface area contributed by atoms with E-state index in [4.69, 9.17) is 4.74 Å². The maximum Gasteiger partial charge on any atom is 0.187 e. The number of aryl methyl sites for hydroxylation is 1. The lowest BCUT2D eigenvalue weighted by molar-refractivity contribution is 0.483. The molecule has 0 saturated carbocycles. The molecule has 0 unspecified atom stereocenters. The van der Waals surface area contributed by atoms with Gasteiger partial charge < -0.3 is 10.1 Å². The molecule has 0 aliphatic heterocycles. The summed E-state index contributed by atoms with van der Waals surface area (Å²) in [4.78, 5) is 4.59. The molecular weight excluding hydrogens is 359 g/mol. The summed E-state index contributed by atoms with van der Waals surface area (Å²) in [6.07, 6.45) is 0. The first-order chi connectivity index (χ1) is 13.2. The molecule has 5 heteroatoms. The first-order valence-corrected chi connectivity index (χ1v) is 9.37. The summed E-state index contributed by atoms with van der Waals surface area (Å²) in [5.41, 5.74) is 3.27. The number of aromatic nitrogens is 1. The van der Waals surface area contributed by atoms with Gasteiger partial charge in [0.15, 0.2) is 5.13 Å². The van der Waals surface area contributed by atoms with Gasteiger partial charge in [-0.3, -0.25) is 0 Å². The van der Waals surface area contributed by atoms with E-state index in [9.17, 15) is 4.39 Å². The van der Waals surface area contributed by atoms with Gasteiger partial charge in [0, 0.05) is 16.6 Å². The Balaban J connectivity index is 1.45. The van der Waals surface area contributed by atoms with Crippen molar-refractivity contribution in [3.05, 3.63) is 89.6 Å². The van der Waals surface area contributed by atoms with Gasteiger partial charge in [0.1, 0.15) is 17.3 Å². The fourth-order valence-electron chi connectivity index (χ4n) is 2.62. The molecule has 0 saturated heterocycles. The Morgan fingerprint density at radius 2 is 1.67 bits per heavy atom. The van der Waals surface area contributed by atoms with Gasteiger partial charge >= 0.3 is 0 Å². The van der Waals surface area contributed by atoms with Crippen LogP contribution in [0.4, 0.5) is 15.2 Å². The zero-order valence-corrected chi connectivity index (χ0v) is 15.5. The molecule has 0 amide bonds. The minimum Gasteiger partial charge on any atom is -0.457 e. The number of halogens is 1. The van der Waals surface area contributed by atoms with Gasteiger partial charge in [-0.05, 0) is 67.1 Å². The molecule has 1 aromatic heterocycles. The molecule has 0 fully saturated rings. The first-order valence-electron chi connectivity index (χ1n) is 8.49. The quantitative estimate of drug-likeness (QED) is 0.416. The molecule has 0 radical (unpaired) electrons. The summed E-state index contributed by atoms with van der Waals surface area (Å²) in [5.74, 6) is 1.37. The number of nitrogens with one attached hydrogen (secondary N) is 1. The maximum atomic E-state index is 13.4. The molecule has 0 aliphatic carbocycles. The van der Waals surface area contributed by atoms with Crippen molar-refractivity contribution in [3.8, 4) is 22.8 Å². The number of benzene rings is 3. The van der Waals surface area contributed by atoms with Gasteiger partial charge in [-0.1, -0.05) is 18.2 Å². The number of nitrogens with zero attached hydrogens (tertiary/aromatic N) is 1. The van der Waals surface area contributed by atoms with E-state index in [1.165, 1.54) is 17.4 Å². The predicted octanol–water partition coefficient (Wildman–Crippen LogP) is 6.79. The van der Waals surface area contributed by atoms with Crippen molar-refractivity contribution in [2.75, 3.05) is 5.32 Å². The molecule has 3 nitrogen and oxygen atoms in total. The van der Waals surface area contributed by atoms with Gasteiger partial charge in [0.05, 0.1) is 5.69 Å². The van der Waals surface area contributed by atoms with E-state index in [2.05, 4.69) is 10.3 Å². The van der Waals surface area contributed by atoms with Crippen molar-refractivity contribution >= 4 is 22.2 Å². The number of hydrogen-bond donors (Lipinski definition) is 1. The van der Waals surface area contributed by atoms with Crippen molar-refractivity contribution in [1.82, 2.24) is 4.98 Å². The largest absolute Gasteiger partial charge is 0.457 e. The highest BCUT2D eigenvalue weighted by atomic mass is 32.1. The molecule has 0 aliphatic rings. The third-order valence-corrected chi connectivity index (χ3v) is 4.80. The van der Waals surface area contributed by atoms with Crippen LogP contribution in [0.5, 0.6) is 11.5 Å². The van der Waals surface area contributed by atoms with Gasteiger partial charge in [0.25, 0.3) is 0 Å². The van der Waals surface area contributed by atoms with Crippen LogP contribution in [0.25, 0.3) is 11.3 Å². The lowest BCUT2D eigenvalue weighted by atomic mass is 10.1. The minimum atomic E-state index is -0.204. The van der Waals surface area contributed by atoms with Gasteiger partial charge in [0.2, 0.25) is 0 Å². The van der Waals surface area contributed by atoms with Crippen LogP contribution in [0.3, 0.4) is 0 Å². The number of anilines is 2. The van der Waals surface area contributed by atoms with Crippen LogP contribution in [0.2, 0.25) is 0 Å². The van der Waals surface area contributed by atoms with E-state index in [0.29, 0.717) is 5.56 Å². The highest BCUT2D eigenvalue weighted by molar-refractivity contribution is 7.14. The normalized spacial score (nSPS) is 10.6. The number of ether oxygens (including phenoxy) is 1. The van der Waals surface area contributed by atoms with E-state index in [-0.39, 0.29) is 5.82 Å². The van der Waals surface area contributed by atoms with E-state index < -0.39 is 0 Å². The van der Waals surface area contributed by atoms with Crippen LogP contribution >= 0.6 is 11.3 Å². The summed E-state index contributed by atoms with van der Waals surface area (Å²) in [5, 5.41) is 6.03. The zero-order valence-electron chi connectivity index (χ0n) is 14.6. The van der Waals surface area contributed by atoms with E-state index in [1.807, 2.05) is 66.0 Å². The summed E-state index contributed by atoms with van der Waals surface area (Å²) in [6.45, 7) is 1.75. The summed E-state index contributed by atoms with van der Waals surface area (Å²) in [7, 11) is 0. The van der Waals surface area contributed by atoms with E-state index in [0.717, 1.165) is 33.6 Å². The fraction of sp³-hybridized carbons (Fsp3) is 0.0455. The Hall–Kier alpha value is -3.18. The average molecular weight is 376 g/mol. The predicted molar refractivity (Wildman–Crippen MR) is 108 cm³/mol. The second-order valence-electron chi connectivity index (χ2n) is 6.07. The summed E-state index contributed by atoms with van der Waals surface area (Å²) in [6, 6.07) is 22.4. The molecule has 1 heterocycles. The third-order valence-electron chi connectivity index (χ3n) is 4.04. The molecule has 4 aromatic rings. The van der Waals surface area contributed by atoms with Crippen LogP contribution in [0.15, 0.2) is 78.2 Å². The first kappa shape index (κ1) is 17.2. The summed E-state index contributed by atoms with van der Waals surface area (Å²) >= 11 is 1.51. The number of hydrogen-bond acceptors (Lipinski definition) is 4. The lowest BCUT2D eigenvalue weighted by Crippen LogP contribution is -1.90. The zero-order chi connectivity index (χ0) is 18.6. The van der Waals surface area contributed by atoms with Crippen LogP contribution < -0.4 is 10.1 Å². The monoisotopic (exact) mass is 376 g/mol. The molecule has 0 bridgehead atoms. The molecule has 4 rings (SSSR count). The molecular formula is C22H17FN2OS. The second kappa shape index (κ2) is 7.60. The SMILES string of the molecule is Cc1cc(-c2csc(Nc3ccc(Oc4ccccc4)cc3)n2)ccc1F. The van der Waals surface area contributed by atoms with Gasteiger partial charge in [-0.15, -0.1) is 11.3 Å². The Morgan fingerprint density at radius 1 is 0.926 bits per heavy atom. The number of rotatable bonds is 5. The average Bonchev–Trinajstić information content (AvgIpc) is 3.15. The molecule has 0 atom stereocenters. The molecule has 3 aromatic carbocycles. The van der Waals surface area contributed by atoms with Crippen molar-refractivity contribution in [1.29, 1.82) is 0 Å². The van der Waals surface area contributed by atoms with Crippen LogP contribution in [-0.2, 0) is 0 Å². The van der Waals surface area contributed by atoms with Crippen LogP contribution in [0, 0.1) is 12.7 Å². The van der Waals surface area contributed by atoms with Gasteiger partial charge in [-0.2, -0.15) is 0 Å². The maximum absolute atomic E-state index is 13.4. The van der Waals surface area contributed by atoms with Crippen LogP contribution in [-0.4, -0.2) is 4.98 Å². The fourth-order valence-corrected chi connectivity index (χ4v) is 3.36. The Morgan fingerprint density at radius 3 is 2.41 bits per heavy atom. The Kier molecular flexibility index (Phi) is 4.85. The third kappa shape index (κ3) is 4.15. The summed E-state index contributed by atoms with van der Waals surface area (Å²) < 4.78 is 19.2. The standard InChI is InChI=1S/C22H17FN2OS/c1-15-13-16(7-12-20(15)23)21-14-27-22(25-21)24-17-8-10-19(11-9-17)26-18-5-3-2-4-6-18/h2-14H,1H3,(H,24,25). The van der Waals surface area contributed by atoms with Crippen molar-refractivity contribution in [2.24, 2.45) is 0 Å². The smallest absolute Gasteiger partial charge is 0.187 e. The van der Waals surface area contributed by atoms with Gasteiger partial charge in [-0.25, -0.2) is 9.37 Å². The van der Waals surface area contributed by atoms with Crippen molar-refractivity contribution < 1.29 is 9.13 Å². The minimum absolute atomic E-state index is 0.204. The van der Waals surface area contributed by atoms with E-state index >= 15 is 0 Å². The molecule has 27 heavy (non-hydrogen) atoms. The molecule has 1 N–H and O–H groups in total. The highest BCUT2D eigenvalue weighted by Gasteiger charge is 2.07. The second-order valence-corrected chi connectivity index (χ2v) is 6.92. The number of thiazole rings is 1. The highest BCUT2D eigenvalue weighted by Crippen LogP contribution is 2.29. The Bertz CT molecular complexity index is 1050. The topological polar surface area (TPSA) is 34.1 Å². The molecule has 134 valence electrons. The lowest BCUT2D eigenvalue weighted by Gasteiger charge is -2.07. The molecule has 0 spiro atoms. The van der Waals surface area contributed by atoms with Crippen LogP contribution in [0.1, 0.15) is 5.56 Å². The van der Waals surface area contributed by atoms with Crippen molar-refractivity contribution in [2.45, 2.75) is 6.92 Å². The van der Waals surface area contributed by atoms with E-state index in [1.54, 1.807) is 13.0 Å².